The molecule has 1 atom stereocenters. The number of unbranched alkanes of at least 4 members (excludes halogenated alkanes) is 2. The van der Waals surface area contributed by atoms with Crippen molar-refractivity contribution in [2.75, 3.05) is 72.7 Å². The van der Waals surface area contributed by atoms with Gasteiger partial charge in [0.1, 0.15) is 11.2 Å². The number of nitrogens with zero attached hydrogens (tertiary/aromatic N) is 4. The summed E-state index contributed by atoms with van der Waals surface area (Å²) in [6.45, 7) is 9.22. The molecule has 0 aliphatic carbocycles. The zero-order chi connectivity index (χ0) is 34.3. The molecule has 0 saturated carbocycles. The molecule has 49 heavy (non-hydrogen) atoms. The van der Waals surface area contributed by atoms with Crippen LogP contribution >= 0.6 is 0 Å². The molecule has 9 heteroatoms. The van der Waals surface area contributed by atoms with Gasteiger partial charge in [0.2, 0.25) is 5.91 Å². The smallest absolute Gasteiger partial charge is 0.232 e. The number of ether oxygens (including phenoxy) is 2. The summed E-state index contributed by atoms with van der Waals surface area (Å²) >= 11 is 0. The number of likely N-dealkylation sites (tertiary alicyclic amines) is 2. The SMILES string of the molecule is COc1ccncc1CN1CCC(N(CCO)CCCCCOCCCN2CC[C@@H](C(C(N)=O)(c3ccccc3)c3ccccc3)C2)CC1. The maximum atomic E-state index is 13.3. The van der Waals surface area contributed by atoms with Gasteiger partial charge >= 0.3 is 0 Å². The summed E-state index contributed by atoms with van der Waals surface area (Å²) in [5.41, 5.74) is 8.51. The molecule has 3 heterocycles. The number of aromatic nitrogens is 1. The summed E-state index contributed by atoms with van der Waals surface area (Å²) in [6.07, 6.45) is 11.1. The lowest BCUT2D eigenvalue weighted by atomic mass is 9.64. The van der Waals surface area contributed by atoms with Crippen molar-refractivity contribution in [1.82, 2.24) is 19.7 Å². The van der Waals surface area contributed by atoms with Crippen molar-refractivity contribution in [3.8, 4) is 5.75 Å². The summed E-state index contributed by atoms with van der Waals surface area (Å²) in [7, 11) is 1.71. The van der Waals surface area contributed by atoms with Gasteiger partial charge in [-0.05, 0) is 94.2 Å². The first-order chi connectivity index (χ1) is 24.1. The highest BCUT2D eigenvalue weighted by Crippen LogP contribution is 2.43. The van der Waals surface area contributed by atoms with Gasteiger partial charge < -0.3 is 25.2 Å². The lowest BCUT2D eigenvalue weighted by molar-refractivity contribution is -0.123. The molecule has 3 aromatic rings. The average molecular weight is 672 g/mol. The minimum absolute atomic E-state index is 0.115. The van der Waals surface area contributed by atoms with Gasteiger partial charge in [0, 0.05) is 63.4 Å². The van der Waals surface area contributed by atoms with E-state index >= 15 is 0 Å². The molecule has 2 aromatic carbocycles. The summed E-state index contributed by atoms with van der Waals surface area (Å²) in [5.74, 6) is 0.742. The van der Waals surface area contributed by atoms with E-state index in [9.17, 15) is 9.90 Å². The zero-order valence-electron chi connectivity index (χ0n) is 29.4. The van der Waals surface area contributed by atoms with Crippen LogP contribution in [0.1, 0.15) is 61.6 Å². The van der Waals surface area contributed by atoms with Crippen LogP contribution < -0.4 is 10.5 Å². The Bertz CT molecular complexity index is 1350. The number of piperidine rings is 1. The molecule has 2 saturated heterocycles. The van der Waals surface area contributed by atoms with E-state index < -0.39 is 5.41 Å². The van der Waals surface area contributed by atoms with E-state index in [4.69, 9.17) is 15.2 Å². The quantitative estimate of drug-likeness (QED) is 0.167. The fourth-order valence-electron chi connectivity index (χ4n) is 8.12. The second-order valence-electron chi connectivity index (χ2n) is 13.7. The van der Waals surface area contributed by atoms with Crippen LogP contribution in [0.3, 0.4) is 0 Å². The predicted octanol–water partition coefficient (Wildman–Crippen LogP) is 4.72. The van der Waals surface area contributed by atoms with Gasteiger partial charge in [-0.25, -0.2) is 0 Å². The number of amides is 1. The van der Waals surface area contributed by atoms with Crippen molar-refractivity contribution in [1.29, 1.82) is 0 Å². The number of pyridine rings is 1. The second-order valence-corrected chi connectivity index (χ2v) is 13.7. The van der Waals surface area contributed by atoms with E-state index in [1.165, 1.54) is 0 Å². The highest BCUT2D eigenvalue weighted by molar-refractivity contribution is 5.91. The molecule has 1 aromatic heterocycles. The molecule has 0 bridgehead atoms. The van der Waals surface area contributed by atoms with E-state index in [0.717, 1.165) is 133 Å². The Kier molecular flexibility index (Phi) is 14.4. The average Bonchev–Trinajstić information content (AvgIpc) is 3.61. The molecule has 2 fully saturated rings. The van der Waals surface area contributed by atoms with Gasteiger partial charge in [0.25, 0.3) is 0 Å². The Balaban J connectivity index is 0.975. The Morgan fingerprint density at radius 2 is 1.57 bits per heavy atom. The number of hydrogen-bond acceptors (Lipinski definition) is 8. The number of aliphatic hydroxyl groups excluding tert-OH is 1. The molecule has 0 unspecified atom stereocenters. The minimum atomic E-state index is -0.840. The van der Waals surface area contributed by atoms with E-state index in [-0.39, 0.29) is 18.4 Å². The van der Waals surface area contributed by atoms with Crippen molar-refractivity contribution in [2.24, 2.45) is 11.7 Å². The van der Waals surface area contributed by atoms with Crippen LogP contribution in [0.15, 0.2) is 79.1 Å². The van der Waals surface area contributed by atoms with Crippen molar-refractivity contribution in [3.05, 3.63) is 95.8 Å². The molecule has 2 aliphatic rings. The largest absolute Gasteiger partial charge is 0.496 e. The normalized spacial score (nSPS) is 17.9. The second kappa shape index (κ2) is 19.2. The highest BCUT2D eigenvalue weighted by atomic mass is 16.5. The van der Waals surface area contributed by atoms with Gasteiger partial charge in [0.15, 0.2) is 0 Å². The molecule has 266 valence electrons. The topological polar surface area (TPSA) is 104 Å². The standard InChI is InChI=1S/C40H57N5O4/c1-48-38-16-20-42-30-33(38)31-44-24-18-37(19-25-44)45(26-27-46)22-9-4-10-28-49-29-11-21-43-23-17-36(32-43)40(39(41)47,34-12-5-2-6-13-34)35-14-7-3-8-15-35/h2-3,5-8,12-16,20,30,36-37,46H,4,9-11,17-19,21-29,31-32H2,1H3,(H2,41,47)/t36-/m1/s1. The summed E-state index contributed by atoms with van der Waals surface area (Å²) < 4.78 is 11.5. The Hall–Kier alpha value is -3.34. The number of benzene rings is 2. The van der Waals surface area contributed by atoms with Crippen LogP contribution in [0.2, 0.25) is 0 Å². The predicted molar refractivity (Wildman–Crippen MR) is 194 cm³/mol. The number of primary amides is 1. The van der Waals surface area contributed by atoms with Crippen molar-refractivity contribution >= 4 is 5.91 Å². The molecular formula is C40H57N5O4. The van der Waals surface area contributed by atoms with E-state index in [2.05, 4.69) is 19.7 Å². The molecule has 3 N–H and O–H groups in total. The first-order valence-corrected chi connectivity index (χ1v) is 18.3. The Labute approximate surface area is 293 Å². The van der Waals surface area contributed by atoms with Gasteiger partial charge in [-0.2, -0.15) is 0 Å². The Morgan fingerprint density at radius 1 is 0.898 bits per heavy atom. The fraction of sp³-hybridized carbons (Fsp3) is 0.550. The molecule has 1 amide bonds. The highest BCUT2D eigenvalue weighted by Gasteiger charge is 2.49. The fourth-order valence-corrected chi connectivity index (χ4v) is 8.12. The molecular weight excluding hydrogens is 614 g/mol. The molecule has 9 nitrogen and oxygen atoms in total. The van der Waals surface area contributed by atoms with Gasteiger partial charge in [-0.15, -0.1) is 0 Å². The summed E-state index contributed by atoms with van der Waals surface area (Å²) in [6, 6.07) is 22.6. The van der Waals surface area contributed by atoms with Gasteiger partial charge in [-0.3, -0.25) is 19.6 Å². The monoisotopic (exact) mass is 671 g/mol. The first-order valence-electron chi connectivity index (χ1n) is 18.3. The third-order valence-corrected chi connectivity index (χ3v) is 10.7. The summed E-state index contributed by atoms with van der Waals surface area (Å²) in [5, 5.41) is 9.74. The van der Waals surface area contributed by atoms with Crippen LogP contribution in [0, 0.1) is 5.92 Å². The van der Waals surface area contributed by atoms with Crippen LogP contribution in [-0.4, -0.2) is 109 Å². The third kappa shape index (κ3) is 9.67. The maximum absolute atomic E-state index is 13.3. The minimum Gasteiger partial charge on any atom is -0.496 e. The van der Waals surface area contributed by atoms with Gasteiger partial charge in [0.05, 0.1) is 13.7 Å². The molecule has 5 rings (SSSR count). The lowest BCUT2D eigenvalue weighted by Gasteiger charge is -2.38. The van der Waals surface area contributed by atoms with Crippen LogP contribution in [0.4, 0.5) is 0 Å². The number of methoxy groups -OCH3 is 1. The number of nitrogens with two attached hydrogens (primary N) is 1. The molecule has 2 aliphatic heterocycles. The van der Waals surface area contributed by atoms with E-state index in [0.29, 0.717) is 6.04 Å². The van der Waals surface area contributed by atoms with Crippen LogP contribution in [-0.2, 0) is 21.5 Å². The van der Waals surface area contributed by atoms with Crippen molar-refractivity contribution in [2.45, 2.75) is 62.9 Å². The van der Waals surface area contributed by atoms with Crippen molar-refractivity contribution < 1.29 is 19.4 Å². The molecule has 0 radical (unpaired) electrons. The lowest BCUT2D eigenvalue weighted by Crippen LogP contribution is -2.49. The number of rotatable bonds is 20. The zero-order valence-corrected chi connectivity index (χ0v) is 29.4. The number of carbonyl (C=O) groups is 1. The number of carbonyl (C=O) groups excluding carboxylic acids is 1. The first kappa shape index (κ1) is 36.9. The maximum Gasteiger partial charge on any atom is 0.232 e. The van der Waals surface area contributed by atoms with Crippen LogP contribution in [0.5, 0.6) is 5.75 Å². The van der Waals surface area contributed by atoms with E-state index in [1.807, 2.05) is 72.9 Å². The Morgan fingerprint density at radius 3 is 2.22 bits per heavy atom. The van der Waals surface area contributed by atoms with Crippen LogP contribution in [0.25, 0.3) is 0 Å². The number of hydrogen-bond donors (Lipinski definition) is 2. The molecule has 0 spiro atoms. The van der Waals surface area contributed by atoms with Gasteiger partial charge in [-0.1, -0.05) is 60.7 Å². The third-order valence-electron chi connectivity index (χ3n) is 10.7. The summed E-state index contributed by atoms with van der Waals surface area (Å²) in [4.78, 5) is 25.0. The van der Waals surface area contributed by atoms with Crippen molar-refractivity contribution in [3.63, 3.8) is 0 Å². The van der Waals surface area contributed by atoms with E-state index in [1.54, 1.807) is 13.3 Å². The number of aliphatic hydroxyl groups is 1.